The number of nitrogens with two attached hydrogens (primary N) is 1. The van der Waals surface area contributed by atoms with E-state index in [4.69, 9.17) is 10.5 Å². The molecule has 2 aromatic rings. The molecule has 1 fully saturated rings. The quantitative estimate of drug-likeness (QED) is 0.403. The van der Waals surface area contributed by atoms with Gasteiger partial charge in [-0.1, -0.05) is 39.2 Å². The number of aromatic nitrogens is 1. The zero-order chi connectivity index (χ0) is 24.6. The van der Waals surface area contributed by atoms with Crippen LogP contribution in [0.3, 0.4) is 0 Å². The monoisotopic (exact) mass is 484 g/mol. The van der Waals surface area contributed by atoms with Gasteiger partial charge in [-0.15, -0.1) is 0 Å². The first-order valence-electron chi connectivity index (χ1n) is 12.0. The molecule has 0 spiro atoms. The van der Waals surface area contributed by atoms with Crippen molar-refractivity contribution in [3.63, 3.8) is 0 Å². The van der Waals surface area contributed by atoms with E-state index >= 15 is 0 Å². The maximum Gasteiger partial charge on any atom is 0.252 e. The molecule has 2 aliphatic rings. The predicted molar refractivity (Wildman–Crippen MR) is 142 cm³/mol. The Morgan fingerprint density at radius 3 is 2.76 bits per heavy atom. The average Bonchev–Trinajstić information content (AvgIpc) is 2.85. The standard InChI is InChI=1S/C23H30N6O2S.C2H6/c1-23(2,14-31-18-10-6-9-17-20(18)21(24)29-32-28-17)27-22(30)15-11-12-25-19(13-15)26-16-7-4-3-5-8-16;1-2/h6,9-13,16,28H,3-5,7-8,14H2,1-2H3,(H2,24,29)(H,25,26)(H,27,30);1-2H3. The molecular weight excluding hydrogens is 448 g/mol. The Bertz CT molecular complexity index is 1000. The van der Waals surface area contributed by atoms with Gasteiger partial charge >= 0.3 is 0 Å². The van der Waals surface area contributed by atoms with Crippen LogP contribution in [0.1, 0.15) is 75.7 Å². The van der Waals surface area contributed by atoms with Crippen LogP contribution in [-0.2, 0) is 0 Å². The molecule has 4 rings (SSSR count). The molecule has 0 radical (unpaired) electrons. The molecule has 8 nitrogen and oxygen atoms in total. The minimum Gasteiger partial charge on any atom is -0.490 e. The number of amides is 1. The van der Waals surface area contributed by atoms with Crippen molar-refractivity contribution in [1.29, 1.82) is 0 Å². The number of nitrogens with zero attached hydrogens (tertiary/aromatic N) is 2. The van der Waals surface area contributed by atoms with E-state index in [1.165, 1.54) is 31.4 Å². The van der Waals surface area contributed by atoms with Crippen molar-refractivity contribution < 1.29 is 9.53 Å². The largest absolute Gasteiger partial charge is 0.490 e. The minimum atomic E-state index is -0.608. The van der Waals surface area contributed by atoms with Gasteiger partial charge in [-0.25, -0.2) is 4.98 Å². The molecule has 184 valence electrons. The van der Waals surface area contributed by atoms with Crippen molar-refractivity contribution in [3.8, 4) is 5.75 Å². The maximum absolute atomic E-state index is 12.9. The van der Waals surface area contributed by atoms with Crippen LogP contribution in [-0.4, -0.2) is 34.9 Å². The van der Waals surface area contributed by atoms with E-state index in [2.05, 4.69) is 24.7 Å². The number of nitrogens with one attached hydrogen (secondary N) is 3. The summed E-state index contributed by atoms with van der Waals surface area (Å²) in [5.74, 6) is 1.62. The van der Waals surface area contributed by atoms with Crippen molar-refractivity contribution in [1.82, 2.24) is 10.3 Å². The molecule has 5 N–H and O–H groups in total. The SMILES string of the molecule is CC.CC(C)(COc1cccc2c1C(N)=NSN2)NC(=O)c1ccnc(NC2CCCCC2)c1. The number of hydrogen-bond donors (Lipinski definition) is 4. The van der Waals surface area contributed by atoms with E-state index in [9.17, 15) is 4.79 Å². The highest BCUT2D eigenvalue weighted by Crippen LogP contribution is 2.32. The van der Waals surface area contributed by atoms with Crippen LogP contribution >= 0.6 is 12.1 Å². The topological polar surface area (TPSA) is 114 Å². The predicted octanol–water partition coefficient (Wildman–Crippen LogP) is 5.13. The van der Waals surface area contributed by atoms with Crippen LogP contribution in [0.25, 0.3) is 0 Å². The van der Waals surface area contributed by atoms with E-state index in [1.54, 1.807) is 12.3 Å². The first kappa shape index (κ1) is 25.7. The molecule has 2 heterocycles. The van der Waals surface area contributed by atoms with Gasteiger partial charge in [0.15, 0.2) is 0 Å². The van der Waals surface area contributed by atoms with Crippen LogP contribution in [0, 0.1) is 0 Å². The second-order valence-electron chi connectivity index (χ2n) is 8.88. The number of anilines is 2. The van der Waals surface area contributed by atoms with Crippen LogP contribution in [0.2, 0.25) is 0 Å². The summed E-state index contributed by atoms with van der Waals surface area (Å²) in [5.41, 5.74) is 7.61. The maximum atomic E-state index is 12.9. The lowest BCUT2D eigenvalue weighted by Gasteiger charge is -2.28. The van der Waals surface area contributed by atoms with E-state index in [0.717, 1.165) is 29.9 Å². The van der Waals surface area contributed by atoms with Gasteiger partial charge in [0.2, 0.25) is 0 Å². The molecule has 1 aliphatic carbocycles. The summed E-state index contributed by atoms with van der Waals surface area (Å²) >= 11 is 1.19. The summed E-state index contributed by atoms with van der Waals surface area (Å²) in [6.07, 6.45) is 7.75. The molecule has 0 unspecified atom stereocenters. The van der Waals surface area contributed by atoms with E-state index < -0.39 is 5.54 Å². The van der Waals surface area contributed by atoms with Gasteiger partial charge in [-0.2, -0.15) is 4.40 Å². The fraction of sp³-hybridized carbons (Fsp3) is 0.480. The number of ether oxygens (including phenoxy) is 1. The summed E-state index contributed by atoms with van der Waals surface area (Å²) in [6, 6.07) is 9.64. The van der Waals surface area contributed by atoms with Gasteiger partial charge in [0, 0.05) is 17.8 Å². The summed E-state index contributed by atoms with van der Waals surface area (Å²) < 4.78 is 13.3. The Kier molecular flexibility index (Phi) is 9.04. The zero-order valence-corrected chi connectivity index (χ0v) is 21.3. The molecule has 0 saturated heterocycles. The molecule has 1 aromatic heterocycles. The Labute approximate surface area is 206 Å². The number of hydrogen-bond acceptors (Lipinski definition) is 8. The fourth-order valence-corrected chi connectivity index (χ4v) is 4.45. The van der Waals surface area contributed by atoms with Crippen LogP contribution in [0.4, 0.5) is 11.5 Å². The van der Waals surface area contributed by atoms with Gasteiger partial charge in [-0.05, 0) is 51.0 Å². The van der Waals surface area contributed by atoms with Gasteiger partial charge in [0.25, 0.3) is 5.91 Å². The number of carbonyl (C=O) groups is 1. The van der Waals surface area contributed by atoms with Crippen molar-refractivity contribution in [3.05, 3.63) is 47.7 Å². The number of rotatable bonds is 7. The van der Waals surface area contributed by atoms with Gasteiger partial charge in [0.1, 0.15) is 24.0 Å². The number of carbonyl (C=O) groups excluding carboxylic acids is 1. The summed E-state index contributed by atoms with van der Waals surface area (Å²) in [7, 11) is 0. The van der Waals surface area contributed by atoms with E-state index in [-0.39, 0.29) is 12.5 Å². The molecular formula is C25H36N6O2S. The Morgan fingerprint density at radius 2 is 2.00 bits per heavy atom. The lowest BCUT2D eigenvalue weighted by Crippen LogP contribution is -2.48. The van der Waals surface area contributed by atoms with Crippen LogP contribution in [0.5, 0.6) is 5.75 Å². The molecule has 0 bridgehead atoms. The molecule has 34 heavy (non-hydrogen) atoms. The normalized spacial score (nSPS) is 15.6. The highest BCUT2D eigenvalue weighted by Gasteiger charge is 2.25. The molecule has 1 aliphatic heterocycles. The van der Waals surface area contributed by atoms with Crippen molar-refractivity contribution in [2.24, 2.45) is 10.1 Å². The second-order valence-corrected chi connectivity index (χ2v) is 9.45. The highest BCUT2D eigenvalue weighted by molar-refractivity contribution is 7.99. The first-order chi connectivity index (χ1) is 16.4. The third-order valence-corrected chi connectivity index (χ3v) is 6.20. The van der Waals surface area contributed by atoms with Crippen molar-refractivity contribution in [2.45, 2.75) is 71.4 Å². The van der Waals surface area contributed by atoms with Crippen LogP contribution < -0.4 is 25.8 Å². The van der Waals surface area contributed by atoms with Gasteiger partial charge in [0.05, 0.1) is 28.9 Å². The molecule has 9 heteroatoms. The minimum absolute atomic E-state index is 0.165. The van der Waals surface area contributed by atoms with Crippen LogP contribution in [0.15, 0.2) is 40.9 Å². The lowest BCUT2D eigenvalue weighted by atomic mass is 9.95. The summed E-state index contributed by atoms with van der Waals surface area (Å²) in [4.78, 5) is 17.3. The lowest BCUT2D eigenvalue weighted by molar-refractivity contribution is 0.0880. The van der Waals surface area contributed by atoms with Gasteiger partial charge in [-0.3, -0.25) is 4.79 Å². The number of pyridine rings is 1. The zero-order valence-electron chi connectivity index (χ0n) is 20.5. The smallest absolute Gasteiger partial charge is 0.252 e. The number of fused-ring (bicyclic) bond motifs is 1. The summed E-state index contributed by atoms with van der Waals surface area (Å²) in [5, 5.41) is 6.54. The number of amidine groups is 1. The Hall–Kier alpha value is -2.94. The molecule has 1 saturated carbocycles. The van der Waals surface area contributed by atoms with E-state index in [0.29, 0.717) is 23.2 Å². The van der Waals surface area contributed by atoms with E-state index in [1.807, 2.05) is 52.0 Å². The molecule has 1 aromatic carbocycles. The van der Waals surface area contributed by atoms with Crippen molar-refractivity contribution in [2.75, 3.05) is 16.6 Å². The fourth-order valence-electron chi connectivity index (χ4n) is 3.95. The molecule has 1 amide bonds. The Balaban J connectivity index is 0.00000158. The number of benzene rings is 1. The van der Waals surface area contributed by atoms with Crippen molar-refractivity contribution >= 4 is 35.4 Å². The third kappa shape index (κ3) is 6.79. The molecule has 0 atom stereocenters. The first-order valence-corrected chi connectivity index (χ1v) is 12.8. The highest BCUT2D eigenvalue weighted by atomic mass is 32.2. The third-order valence-electron chi connectivity index (χ3n) is 5.60. The Morgan fingerprint density at radius 1 is 1.24 bits per heavy atom. The van der Waals surface area contributed by atoms with Gasteiger partial charge < -0.3 is 25.8 Å². The second kappa shape index (κ2) is 12.0. The summed E-state index contributed by atoms with van der Waals surface area (Å²) in [6.45, 7) is 8.12. The average molecular weight is 485 g/mol.